The average Bonchev–Trinajstić information content (AvgIpc) is 2.60. The number of anilines is 1. The van der Waals surface area contributed by atoms with E-state index >= 15 is 0 Å². The summed E-state index contributed by atoms with van der Waals surface area (Å²) in [6.07, 6.45) is 2.07. The van der Waals surface area contributed by atoms with Gasteiger partial charge >= 0.3 is 0 Å². The van der Waals surface area contributed by atoms with Crippen LogP contribution < -0.4 is 15.4 Å². The van der Waals surface area contributed by atoms with Gasteiger partial charge in [-0.3, -0.25) is 10.1 Å². The Labute approximate surface area is 168 Å². The van der Waals surface area contributed by atoms with Gasteiger partial charge < -0.3 is 10.1 Å². The molecule has 4 nitrogen and oxygen atoms in total. The van der Waals surface area contributed by atoms with Crippen LogP contribution in [-0.2, 0) is 0 Å². The number of ether oxygens (including phenoxy) is 1. The summed E-state index contributed by atoms with van der Waals surface area (Å²) in [5.41, 5.74) is 3.65. The number of halogens is 1. The Hall–Kier alpha value is -1.92. The number of nitrogens with one attached hydrogen (secondary N) is 2. The number of unbranched alkanes of at least 4 members (excludes halogenated alkanes) is 1. The van der Waals surface area contributed by atoms with Crippen molar-refractivity contribution in [2.24, 2.45) is 0 Å². The second-order valence-electron chi connectivity index (χ2n) is 6.00. The molecule has 6 heteroatoms. The van der Waals surface area contributed by atoms with Crippen LogP contribution in [0.3, 0.4) is 0 Å². The molecule has 0 aliphatic carbocycles. The largest absolute Gasteiger partial charge is 0.492 e. The zero-order chi connectivity index (χ0) is 19.1. The summed E-state index contributed by atoms with van der Waals surface area (Å²) in [5, 5.41) is 6.05. The molecule has 0 bridgehead atoms. The minimum absolute atomic E-state index is 0.267. The fourth-order valence-electron chi connectivity index (χ4n) is 2.30. The van der Waals surface area contributed by atoms with Crippen LogP contribution in [0.2, 0.25) is 0 Å². The zero-order valence-electron chi connectivity index (χ0n) is 15.2. The molecule has 0 unspecified atom stereocenters. The highest BCUT2D eigenvalue weighted by atomic mass is 79.9. The molecule has 26 heavy (non-hydrogen) atoms. The van der Waals surface area contributed by atoms with Crippen LogP contribution in [-0.4, -0.2) is 17.6 Å². The number of carbonyl (C=O) groups is 1. The second kappa shape index (κ2) is 9.69. The van der Waals surface area contributed by atoms with Crippen molar-refractivity contribution in [3.05, 3.63) is 57.6 Å². The quantitative estimate of drug-likeness (QED) is 0.473. The van der Waals surface area contributed by atoms with Crippen LogP contribution in [0.5, 0.6) is 5.75 Å². The number of amides is 1. The van der Waals surface area contributed by atoms with E-state index in [1.165, 1.54) is 0 Å². The third kappa shape index (κ3) is 5.54. The molecule has 0 saturated carbocycles. The van der Waals surface area contributed by atoms with E-state index in [9.17, 15) is 4.79 Å². The molecule has 0 atom stereocenters. The fraction of sp³-hybridized carbons (Fsp3) is 0.300. The number of thiocarbonyl (C=S) groups is 1. The van der Waals surface area contributed by atoms with Gasteiger partial charge in [0.15, 0.2) is 5.11 Å². The van der Waals surface area contributed by atoms with E-state index in [2.05, 4.69) is 33.5 Å². The van der Waals surface area contributed by atoms with Crippen molar-refractivity contribution in [1.82, 2.24) is 5.32 Å². The Morgan fingerprint density at radius 1 is 1.23 bits per heavy atom. The Morgan fingerprint density at radius 2 is 2.00 bits per heavy atom. The standard InChI is InChI=1S/C20H23BrN2O2S/c1-4-5-11-25-18-10-9-15(12-16(18)21)19(24)23-20(26)22-17-8-6-7-13(2)14(17)3/h6-10,12H,4-5,11H2,1-3H3,(H2,22,23,24,26). The number of hydrogen-bond donors (Lipinski definition) is 2. The lowest BCUT2D eigenvalue weighted by atomic mass is 10.1. The minimum atomic E-state index is -0.270. The lowest BCUT2D eigenvalue weighted by Gasteiger charge is -2.13. The number of carbonyl (C=O) groups excluding carboxylic acids is 1. The van der Waals surface area contributed by atoms with E-state index in [0.29, 0.717) is 12.2 Å². The summed E-state index contributed by atoms with van der Waals surface area (Å²) in [4.78, 5) is 12.4. The predicted molar refractivity (Wildman–Crippen MR) is 114 cm³/mol. The van der Waals surface area contributed by atoms with Crippen LogP contribution in [0, 0.1) is 13.8 Å². The molecule has 1 amide bonds. The second-order valence-corrected chi connectivity index (χ2v) is 7.27. The van der Waals surface area contributed by atoms with E-state index in [4.69, 9.17) is 17.0 Å². The van der Waals surface area contributed by atoms with Crippen molar-refractivity contribution in [2.75, 3.05) is 11.9 Å². The summed E-state index contributed by atoms with van der Waals surface area (Å²) in [5.74, 6) is 0.458. The SMILES string of the molecule is CCCCOc1ccc(C(=O)NC(=S)Nc2cccc(C)c2C)cc1Br. The van der Waals surface area contributed by atoms with E-state index in [0.717, 1.165) is 39.9 Å². The maximum Gasteiger partial charge on any atom is 0.257 e. The summed E-state index contributed by atoms with van der Waals surface area (Å²) in [7, 11) is 0. The van der Waals surface area contributed by atoms with Crippen LogP contribution >= 0.6 is 28.1 Å². The molecule has 0 heterocycles. The highest BCUT2D eigenvalue weighted by molar-refractivity contribution is 9.10. The molecule has 2 rings (SSSR count). The van der Waals surface area contributed by atoms with Crippen molar-refractivity contribution in [3.8, 4) is 5.75 Å². The minimum Gasteiger partial charge on any atom is -0.492 e. The van der Waals surface area contributed by atoms with Crippen LogP contribution in [0.15, 0.2) is 40.9 Å². The van der Waals surface area contributed by atoms with Crippen molar-refractivity contribution in [3.63, 3.8) is 0 Å². The Balaban J connectivity index is 1.99. The summed E-state index contributed by atoms with van der Waals surface area (Å²) in [6, 6.07) is 11.2. The van der Waals surface area contributed by atoms with Gasteiger partial charge in [-0.15, -0.1) is 0 Å². The molecule has 2 N–H and O–H groups in total. The Morgan fingerprint density at radius 3 is 2.69 bits per heavy atom. The van der Waals surface area contributed by atoms with Crippen LogP contribution in [0.4, 0.5) is 5.69 Å². The van der Waals surface area contributed by atoms with E-state index in [1.54, 1.807) is 18.2 Å². The normalized spacial score (nSPS) is 10.3. The summed E-state index contributed by atoms with van der Waals surface area (Å²) in [6.45, 7) is 6.81. The molecule has 138 valence electrons. The van der Waals surface area contributed by atoms with Crippen LogP contribution in [0.25, 0.3) is 0 Å². The van der Waals surface area contributed by atoms with Crippen molar-refractivity contribution in [2.45, 2.75) is 33.6 Å². The van der Waals surface area contributed by atoms with Gasteiger partial charge in [0, 0.05) is 11.3 Å². The Bertz CT molecular complexity index is 808. The fourth-order valence-corrected chi connectivity index (χ4v) is 3.00. The average molecular weight is 435 g/mol. The van der Waals surface area contributed by atoms with Gasteiger partial charge in [-0.05, 0) is 83.8 Å². The summed E-state index contributed by atoms with van der Waals surface area (Å²) >= 11 is 8.72. The molecule has 0 fully saturated rings. The van der Waals surface area contributed by atoms with E-state index in [1.807, 2.05) is 32.0 Å². The maximum atomic E-state index is 12.4. The first-order valence-corrected chi connectivity index (χ1v) is 9.73. The van der Waals surface area contributed by atoms with Gasteiger partial charge in [-0.25, -0.2) is 0 Å². The monoisotopic (exact) mass is 434 g/mol. The summed E-state index contributed by atoms with van der Waals surface area (Å²) < 4.78 is 6.42. The van der Waals surface area contributed by atoms with Gasteiger partial charge in [0.1, 0.15) is 5.75 Å². The highest BCUT2D eigenvalue weighted by Gasteiger charge is 2.12. The van der Waals surface area contributed by atoms with Gasteiger partial charge in [-0.1, -0.05) is 25.5 Å². The molecule has 0 radical (unpaired) electrons. The first-order chi connectivity index (χ1) is 12.4. The van der Waals surface area contributed by atoms with Gasteiger partial charge in [0.05, 0.1) is 11.1 Å². The molecule has 2 aromatic carbocycles. The van der Waals surface area contributed by atoms with Gasteiger partial charge in [-0.2, -0.15) is 0 Å². The Kier molecular flexibility index (Phi) is 7.60. The topological polar surface area (TPSA) is 50.4 Å². The molecule has 0 aliphatic heterocycles. The van der Waals surface area contributed by atoms with Crippen molar-refractivity contribution < 1.29 is 9.53 Å². The van der Waals surface area contributed by atoms with E-state index in [-0.39, 0.29) is 11.0 Å². The molecule has 2 aromatic rings. The van der Waals surface area contributed by atoms with E-state index < -0.39 is 0 Å². The van der Waals surface area contributed by atoms with Gasteiger partial charge in [0.2, 0.25) is 0 Å². The molecular formula is C20H23BrN2O2S. The number of rotatable bonds is 6. The lowest BCUT2D eigenvalue weighted by Crippen LogP contribution is -2.34. The molecule has 0 aromatic heterocycles. The smallest absolute Gasteiger partial charge is 0.257 e. The van der Waals surface area contributed by atoms with Crippen molar-refractivity contribution >= 4 is 44.9 Å². The molecular weight excluding hydrogens is 412 g/mol. The third-order valence-electron chi connectivity index (χ3n) is 4.03. The number of hydrogen-bond acceptors (Lipinski definition) is 3. The van der Waals surface area contributed by atoms with Gasteiger partial charge in [0.25, 0.3) is 5.91 Å². The highest BCUT2D eigenvalue weighted by Crippen LogP contribution is 2.26. The van der Waals surface area contributed by atoms with Crippen LogP contribution in [0.1, 0.15) is 41.3 Å². The first-order valence-electron chi connectivity index (χ1n) is 8.53. The van der Waals surface area contributed by atoms with Crippen molar-refractivity contribution in [1.29, 1.82) is 0 Å². The number of aryl methyl sites for hydroxylation is 1. The molecule has 0 aliphatic rings. The molecule has 0 saturated heterocycles. The molecule has 0 spiro atoms. The predicted octanol–water partition coefficient (Wildman–Crippen LogP) is 5.37. The zero-order valence-corrected chi connectivity index (χ0v) is 17.6. The third-order valence-corrected chi connectivity index (χ3v) is 4.85. The number of benzene rings is 2. The lowest BCUT2D eigenvalue weighted by molar-refractivity contribution is 0.0977. The maximum absolute atomic E-state index is 12.4. The first kappa shape index (κ1) is 20.4.